The number of likely N-dealkylation sites (tertiary alicyclic amines) is 1. The topological polar surface area (TPSA) is 79.3 Å². The number of ether oxygens (including phenoxy) is 2. The zero-order valence-corrected chi connectivity index (χ0v) is 24.0. The number of Topliss-reactive ketones (excluding diaryl/α,β-unsaturated/α-hetero) is 1. The van der Waals surface area contributed by atoms with E-state index in [1.165, 1.54) is 4.90 Å². The molecule has 0 aromatic heterocycles. The number of likely N-dealkylation sites (N-methyl/N-ethyl adjacent to an activating group) is 1. The fraction of sp³-hybridized carbons (Fsp3) is 0.200. The van der Waals surface area contributed by atoms with Crippen LogP contribution in [-0.2, 0) is 16.2 Å². The molecule has 0 aliphatic carbocycles. The molecule has 1 atom stereocenters. The van der Waals surface area contributed by atoms with Crippen molar-refractivity contribution in [2.24, 2.45) is 0 Å². The summed E-state index contributed by atoms with van der Waals surface area (Å²) < 4.78 is 12.0. The van der Waals surface area contributed by atoms with Crippen LogP contribution in [0.2, 0.25) is 0 Å². The van der Waals surface area contributed by atoms with Crippen molar-refractivity contribution in [3.63, 3.8) is 0 Å². The Hall–Kier alpha value is -4.88. The van der Waals surface area contributed by atoms with E-state index >= 15 is 0 Å². The van der Waals surface area contributed by atoms with E-state index in [9.17, 15) is 14.7 Å². The number of rotatable bonds is 10. The molecule has 0 spiro atoms. The SMILES string of the molecule is Cc1ccccc1COc1ccc(/C(O)=C2\C(=O)C(=O)N(CCN(C)C)C2c2cccc(Oc3ccccc3)c2)cc1. The Labute approximate surface area is 246 Å². The molecule has 42 heavy (non-hydrogen) atoms. The van der Waals surface area contributed by atoms with Gasteiger partial charge >= 0.3 is 0 Å². The van der Waals surface area contributed by atoms with Crippen molar-refractivity contribution in [2.75, 3.05) is 27.2 Å². The van der Waals surface area contributed by atoms with Crippen LogP contribution in [0.15, 0.2) is 109 Å². The summed E-state index contributed by atoms with van der Waals surface area (Å²) in [6.45, 7) is 3.31. The van der Waals surface area contributed by atoms with E-state index < -0.39 is 17.7 Å². The van der Waals surface area contributed by atoms with Gasteiger partial charge in [0, 0.05) is 18.7 Å². The van der Waals surface area contributed by atoms with Crippen molar-refractivity contribution in [1.82, 2.24) is 9.80 Å². The first kappa shape index (κ1) is 28.6. The molecule has 1 heterocycles. The predicted octanol–water partition coefficient (Wildman–Crippen LogP) is 6.35. The Morgan fingerprint density at radius 3 is 2.24 bits per heavy atom. The number of hydrogen-bond acceptors (Lipinski definition) is 6. The maximum atomic E-state index is 13.4. The second kappa shape index (κ2) is 12.7. The van der Waals surface area contributed by atoms with Crippen molar-refractivity contribution in [1.29, 1.82) is 0 Å². The third kappa shape index (κ3) is 6.37. The van der Waals surface area contributed by atoms with E-state index in [0.29, 0.717) is 48.1 Å². The monoisotopic (exact) mass is 562 g/mol. The molecule has 5 rings (SSSR count). The average Bonchev–Trinajstić information content (AvgIpc) is 3.25. The van der Waals surface area contributed by atoms with Gasteiger partial charge in [-0.15, -0.1) is 0 Å². The molecule has 1 aliphatic rings. The van der Waals surface area contributed by atoms with Gasteiger partial charge in [-0.2, -0.15) is 0 Å². The highest BCUT2D eigenvalue weighted by atomic mass is 16.5. The Morgan fingerprint density at radius 1 is 0.833 bits per heavy atom. The van der Waals surface area contributed by atoms with Gasteiger partial charge in [0.25, 0.3) is 11.7 Å². The fourth-order valence-electron chi connectivity index (χ4n) is 4.94. The number of aliphatic hydroxyl groups excluding tert-OH is 1. The fourth-order valence-corrected chi connectivity index (χ4v) is 4.94. The minimum atomic E-state index is -0.777. The molecule has 214 valence electrons. The highest BCUT2D eigenvalue weighted by Crippen LogP contribution is 2.40. The Morgan fingerprint density at radius 2 is 1.52 bits per heavy atom. The summed E-state index contributed by atoms with van der Waals surface area (Å²) in [5.74, 6) is 0.267. The Kier molecular flexibility index (Phi) is 8.69. The van der Waals surface area contributed by atoms with Crippen molar-refractivity contribution in [2.45, 2.75) is 19.6 Å². The van der Waals surface area contributed by atoms with Crippen molar-refractivity contribution < 1.29 is 24.2 Å². The van der Waals surface area contributed by atoms with E-state index in [0.717, 1.165) is 11.1 Å². The van der Waals surface area contributed by atoms with Crippen LogP contribution in [0.3, 0.4) is 0 Å². The van der Waals surface area contributed by atoms with Gasteiger partial charge in [0.1, 0.15) is 29.6 Å². The van der Waals surface area contributed by atoms with Gasteiger partial charge in [0.2, 0.25) is 0 Å². The lowest BCUT2D eigenvalue weighted by atomic mass is 9.95. The summed E-state index contributed by atoms with van der Waals surface area (Å²) in [5, 5.41) is 11.5. The van der Waals surface area contributed by atoms with Gasteiger partial charge in [-0.1, -0.05) is 54.6 Å². The summed E-state index contributed by atoms with van der Waals surface area (Å²) in [5.41, 5.74) is 3.36. The molecule has 1 amide bonds. The Balaban J connectivity index is 1.47. The number of amides is 1. The van der Waals surface area contributed by atoms with Crippen LogP contribution < -0.4 is 9.47 Å². The standard InChI is InChI=1S/C35H34N2O5/c1-24-10-7-8-11-27(24)23-41-28-18-16-25(17-19-28)33(38)31-32(37(21-20-36(2)3)35(40)34(31)39)26-12-9-15-30(22-26)42-29-13-5-4-6-14-29/h4-19,22,32,38H,20-21,23H2,1-3H3/b33-31+. The number of aliphatic hydroxyl groups is 1. The first-order valence-electron chi connectivity index (χ1n) is 13.9. The zero-order valence-electron chi connectivity index (χ0n) is 24.0. The Bertz CT molecular complexity index is 1600. The quantitative estimate of drug-likeness (QED) is 0.138. The smallest absolute Gasteiger partial charge is 0.295 e. The van der Waals surface area contributed by atoms with E-state index in [1.54, 1.807) is 24.3 Å². The van der Waals surface area contributed by atoms with Gasteiger partial charge in [-0.25, -0.2) is 0 Å². The third-order valence-corrected chi connectivity index (χ3v) is 7.26. The molecular formula is C35H34N2O5. The number of carbonyl (C=O) groups excluding carboxylic acids is 2. The molecule has 1 fully saturated rings. The predicted molar refractivity (Wildman–Crippen MR) is 162 cm³/mol. The number of aryl methyl sites for hydroxylation is 1. The normalized spacial score (nSPS) is 16.2. The summed E-state index contributed by atoms with van der Waals surface area (Å²) in [6, 6.07) is 30.8. The second-order valence-corrected chi connectivity index (χ2v) is 10.5. The van der Waals surface area contributed by atoms with Gasteiger partial charge in [-0.3, -0.25) is 9.59 Å². The maximum Gasteiger partial charge on any atom is 0.295 e. The van der Waals surface area contributed by atoms with E-state index in [4.69, 9.17) is 9.47 Å². The van der Waals surface area contributed by atoms with E-state index in [1.807, 2.05) is 105 Å². The zero-order chi connectivity index (χ0) is 29.6. The van der Waals surface area contributed by atoms with E-state index in [-0.39, 0.29) is 11.3 Å². The van der Waals surface area contributed by atoms with Crippen LogP contribution in [0.5, 0.6) is 17.2 Å². The van der Waals surface area contributed by atoms with Crippen LogP contribution in [0.4, 0.5) is 0 Å². The lowest BCUT2D eigenvalue weighted by Crippen LogP contribution is -2.35. The molecule has 4 aromatic rings. The number of ketones is 1. The summed E-state index contributed by atoms with van der Waals surface area (Å²) in [6.07, 6.45) is 0. The number of benzene rings is 4. The third-order valence-electron chi connectivity index (χ3n) is 7.26. The maximum absolute atomic E-state index is 13.4. The molecule has 7 nitrogen and oxygen atoms in total. The molecule has 1 N–H and O–H groups in total. The molecule has 0 radical (unpaired) electrons. The van der Waals surface area contributed by atoms with Crippen LogP contribution in [0, 0.1) is 6.92 Å². The molecular weight excluding hydrogens is 528 g/mol. The molecule has 0 saturated carbocycles. The summed E-state index contributed by atoms with van der Waals surface area (Å²) >= 11 is 0. The lowest BCUT2D eigenvalue weighted by molar-refractivity contribution is -0.140. The van der Waals surface area contributed by atoms with Gasteiger partial charge < -0.3 is 24.4 Å². The van der Waals surface area contributed by atoms with Crippen LogP contribution in [-0.4, -0.2) is 53.8 Å². The van der Waals surface area contributed by atoms with Crippen LogP contribution >= 0.6 is 0 Å². The van der Waals surface area contributed by atoms with Crippen molar-refractivity contribution >= 4 is 17.4 Å². The molecule has 7 heteroatoms. The second-order valence-electron chi connectivity index (χ2n) is 10.5. The van der Waals surface area contributed by atoms with Gasteiger partial charge in [0.15, 0.2) is 0 Å². The van der Waals surface area contributed by atoms with Crippen LogP contribution in [0.1, 0.15) is 28.3 Å². The highest BCUT2D eigenvalue weighted by Gasteiger charge is 2.46. The first-order chi connectivity index (χ1) is 20.3. The average molecular weight is 563 g/mol. The molecule has 1 saturated heterocycles. The minimum Gasteiger partial charge on any atom is -0.507 e. The first-order valence-corrected chi connectivity index (χ1v) is 13.9. The van der Waals surface area contributed by atoms with Gasteiger partial charge in [0.05, 0.1) is 11.6 Å². The molecule has 1 aliphatic heterocycles. The number of hydrogen-bond donors (Lipinski definition) is 1. The largest absolute Gasteiger partial charge is 0.507 e. The van der Waals surface area contributed by atoms with E-state index in [2.05, 4.69) is 0 Å². The molecule has 4 aromatic carbocycles. The lowest BCUT2D eigenvalue weighted by Gasteiger charge is -2.27. The number of para-hydroxylation sites is 1. The number of nitrogens with zero attached hydrogens (tertiary/aromatic N) is 2. The van der Waals surface area contributed by atoms with Crippen molar-refractivity contribution in [3.05, 3.63) is 131 Å². The molecule has 0 bridgehead atoms. The van der Waals surface area contributed by atoms with Gasteiger partial charge in [-0.05, 0) is 86.2 Å². The minimum absolute atomic E-state index is 0.0456. The number of carbonyl (C=O) groups is 2. The molecule has 1 unspecified atom stereocenters. The van der Waals surface area contributed by atoms with Crippen molar-refractivity contribution in [3.8, 4) is 17.2 Å². The van der Waals surface area contributed by atoms with Crippen LogP contribution in [0.25, 0.3) is 5.76 Å². The summed E-state index contributed by atoms with van der Waals surface area (Å²) in [4.78, 5) is 30.2. The highest BCUT2D eigenvalue weighted by molar-refractivity contribution is 6.46. The summed E-state index contributed by atoms with van der Waals surface area (Å²) in [7, 11) is 3.81.